The highest BCUT2D eigenvalue weighted by atomic mass is 32.1. The summed E-state index contributed by atoms with van der Waals surface area (Å²) in [5.74, 6) is -0.534. The van der Waals surface area contributed by atoms with Crippen molar-refractivity contribution in [1.29, 1.82) is 0 Å². The number of thiocarbonyl (C=S) groups is 1. The zero-order valence-electron chi connectivity index (χ0n) is 13.9. The molecule has 6 nitrogen and oxygen atoms in total. The van der Waals surface area contributed by atoms with Gasteiger partial charge in [-0.2, -0.15) is 0 Å². The summed E-state index contributed by atoms with van der Waals surface area (Å²) in [5, 5.41) is 5.44. The number of hydrogen-bond donors (Lipinski definition) is 3. The zero-order valence-corrected chi connectivity index (χ0v) is 14.7. The molecule has 0 atom stereocenters. The second-order valence-corrected chi connectivity index (χ2v) is 5.89. The molecular formula is C18H19N3O3S. The van der Waals surface area contributed by atoms with Crippen LogP contribution in [0.5, 0.6) is 5.75 Å². The summed E-state index contributed by atoms with van der Waals surface area (Å²) in [6.45, 7) is 3.75. The van der Waals surface area contributed by atoms with Gasteiger partial charge in [-0.3, -0.25) is 14.9 Å². The van der Waals surface area contributed by atoms with Crippen molar-refractivity contribution >= 4 is 34.8 Å². The second kappa shape index (κ2) is 8.25. The van der Waals surface area contributed by atoms with Crippen LogP contribution in [0.4, 0.5) is 5.69 Å². The van der Waals surface area contributed by atoms with E-state index in [2.05, 4.69) is 10.6 Å². The van der Waals surface area contributed by atoms with Gasteiger partial charge in [-0.1, -0.05) is 24.3 Å². The van der Waals surface area contributed by atoms with E-state index >= 15 is 0 Å². The van der Waals surface area contributed by atoms with Crippen molar-refractivity contribution in [2.24, 2.45) is 5.73 Å². The molecule has 0 bridgehead atoms. The normalized spacial score (nSPS) is 10.2. The summed E-state index contributed by atoms with van der Waals surface area (Å²) >= 11 is 5.15. The molecule has 0 radical (unpaired) electrons. The maximum Gasteiger partial charge on any atom is 0.261 e. The molecule has 130 valence electrons. The minimum absolute atomic E-state index is 0.0537. The Morgan fingerprint density at radius 2 is 1.64 bits per heavy atom. The van der Waals surface area contributed by atoms with Crippen molar-refractivity contribution in [3.05, 3.63) is 59.7 Å². The lowest BCUT2D eigenvalue weighted by atomic mass is 10.1. The molecule has 25 heavy (non-hydrogen) atoms. The monoisotopic (exact) mass is 357 g/mol. The molecule has 0 spiro atoms. The van der Waals surface area contributed by atoms with E-state index in [4.69, 9.17) is 22.7 Å². The number of ether oxygens (including phenoxy) is 1. The van der Waals surface area contributed by atoms with Gasteiger partial charge in [0.05, 0.1) is 22.9 Å². The molecule has 0 aliphatic rings. The van der Waals surface area contributed by atoms with Crippen LogP contribution in [0.1, 0.15) is 34.6 Å². The van der Waals surface area contributed by atoms with E-state index in [0.717, 1.165) is 0 Å². The van der Waals surface area contributed by atoms with E-state index in [0.29, 0.717) is 17.0 Å². The summed E-state index contributed by atoms with van der Waals surface area (Å²) in [4.78, 5) is 23.9. The Bertz CT molecular complexity index is 806. The number of para-hydroxylation sites is 2. The Labute approximate surface area is 151 Å². The van der Waals surface area contributed by atoms with Crippen LogP contribution in [-0.2, 0) is 0 Å². The van der Waals surface area contributed by atoms with Crippen LogP contribution < -0.4 is 21.1 Å². The van der Waals surface area contributed by atoms with Crippen molar-refractivity contribution < 1.29 is 14.3 Å². The third-order valence-corrected chi connectivity index (χ3v) is 3.37. The predicted molar refractivity (Wildman–Crippen MR) is 101 cm³/mol. The number of amides is 2. The smallest absolute Gasteiger partial charge is 0.261 e. The van der Waals surface area contributed by atoms with Crippen molar-refractivity contribution in [1.82, 2.24) is 5.32 Å². The maximum absolute atomic E-state index is 12.5. The van der Waals surface area contributed by atoms with Crippen LogP contribution in [0.2, 0.25) is 0 Å². The fourth-order valence-corrected chi connectivity index (χ4v) is 2.34. The molecule has 2 amide bonds. The molecule has 0 aliphatic heterocycles. The van der Waals surface area contributed by atoms with Crippen LogP contribution in [0.3, 0.4) is 0 Å². The van der Waals surface area contributed by atoms with Crippen molar-refractivity contribution in [2.45, 2.75) is 20.0 Å². The number of benzene rings is 2. The van der Waals surface area contributed by atoms with Crippen LogP contribution in [0, 0.1) is 0 Å². The number of nitrogens with two attached hydrogens (primary N) is 1. The molecule has 2 rings (SSSR count). The molecule has 2 aromatic carbocycles. The van der Waals surface area contributed by atoms with Gasteiger partial charge in [0.1, 0.15) is 5.75 Å². The molecule has 0 aliphatic carbocycles. The van der Waals surface area contributed by atoms with Crippen molar-refractivity contribution in [3.8, 4) is 5.75 Å². The number of primary amides is 1. The summed E-state index contributed by atoms with van der Waals surface area (Å²) in [5.41, 5.74) is 6.39. The van der Waals surface area contributed by atoms with Crippen LogP contribution in [0.25, 0.3) is 0 Å². The van der Waals surface area contributed by atoms with Gasteiger partial charge in [0.25, 0.3) is 11.8 Å². The Morgan fingerprint density at radius 1 is 1.04 bits per heavy atom. The first-order valence-electron chi connectivity index (χ1n) is 7.65. The molecule has 0 heterocycles. The lowest BCUT2D eigenvalue weighted by Gasteiger charge is -2.15. The van der Waals surface area contributed by atoms with Gasteiger partial charge in [-0.05, 0) is 50.3 Å². The number of hydrogen-bond acceptors (Lipinski definition) is 4. The first kappa shape index (κ1) is 18.4. The zero-order chi connectivity index (χ0) is 18.4. The summed E-state index contributed by atoms with van der Waals surface area (Å²) in [6, 6.07) is 13.5. The van der Waals surface area contributed by atoms with Crippen molar-refractivity contribution in [2.75, 3.05) is 5.32 Å². The van der Waals surface area contributed by atoms with E-state index in [-0.39, 0.29) is 16.8 Å². The van der Waals surface area contributed by atoms with Gasteiger partial charge in [-0.25, -0.2) is 0 Å². The maximum atomic E-state index is 12.5. The first-order chi connectivity index (χ1) is 11.9. The fourth-order valence-electron chi connectivity index (χ4n) is 2.14. The number of carbonyl (C=O) groups excluding carboxylic acids is 2. The molecule has 0 aromatic heterocycles. The lowest BCUT2D eigenvalue weighted by Crippen LogP contribution is -2.35. The number of anilines is 1. The van der Waals surface area contributed by atoms with Crippen LogP contribution in [0.15, 0.2) is 48.5 Å². The van der Waals surface area contributed by atoms with Gasteiger partial charge in [0.2, 0.25) is 0 Å². The standard InChI is InChI=1S/C18H19N3O3S/c1-11(2)24-15-10-6-4-8-13(15)17(23)21-18(25)20-14-9-5-3-7-12(14)16(19)22/h3-11H,1-2H3,(H2,19,22)(H2,20,21,23,25). The largest absolute Gasteiger partial charge is 0.490 e. The Balaban J connectivity index is 2.12. The van der Waals surface area contributed by atoms with E-state index in [1.54, 1.807) is 48.5 Å². The molecule has 0 unspecified atom stereocenters. The molecular weight excluding hydrogens is 338 g/mol. The quantitative estimate of drug-likeness (QED) is 0.716. The topological polar surface area (TPSA) is 93.4 Å². The number of nitrogens with one attached hydrogen (secondary N) is 2. The van der Waals surface area contributed by atoms with E-state index in [1.165, 1.54) is 0 Å². The molecule has 4 N–H and O–H groups in total. The Morgan fingerprint density at radius 3 is 2.28 bits per heavy atom. The Kier molecular flexibility index (Phi) is 6.08. The minimum Gasteiger partial charge on any atom is -0.490 e. The third kappa shape index (κ3) is 5.02. The van der Waals surface area contributed by atoms with E-state index in [9.17, 15) is 9.59 Å². The SMILES string of the molecule is CC(C)Oc1ccccc1C(=O)NC(=S)Nc1ccccc1C(N)=O. The van der Waals surface area contributed by atoms with Gasteiger partial charge >= 0.3 is 0 Å². The summed E-state index contributed by atoms with van der Waals surface area (Å²) in [6.07, 6.45) is -0.0681. The third-order valence-electron chi connectivity index (χ3n) is 3.16. The van der Waals surface area contributed by atoms with Crippen LogP contribution >= 0.6 is 12.2 Å². The van der Waals surface area contributed by atoms with Gasteiger partial charge in [-0.15, -0.1) is 0 Å². The molecule has 2 aromatic rings. The second-order valence-electron chi connectivity index (χ2n) is 5.48. The van der Waals surface area contributed by atoms with E-state index in [1.807, 2.05) is 13.8 Å². The summed E-state index contributed by atoms with van der Waals surface area (Å²) < 4.78 is 5.63. The lowest BCUT2D eigenvalue weighted by molar-refractivity contribution is 0.0970. The Hall–Kier alpha value is -2.93. The number of carbonyl (C=O) groups is 2. The average Bonchev–Trinajstić information content (AvgIpc) is 2.54. The van der Waals surface area contributed by atoms with Crippen LogP contribution in [-0.4, -0.2) is 23.0 Å². The summed E-state index contributed by atoms with van der Waals surface area (Å²) in [7, 11) is 0. The highest BCUT2D eigenvalue weighted by Crippen LogP contribution is 2.19. The molecule has 7 heteroatoms. The molecule has 0 fully saturated rings. The molecule has 0 saturated carbocycles. The van der Waals surface area contributed by atoms with Gasteiger partial charge in [0, 0.05) is 0 Å². The highest BCUT2D eigenvalue weighted by Gasteiger charge is 2.15. The van der Waals surface area contributed by atoms with Gasteiger partial charge < -0.3 is 15.8 Å². The highest BCUT2D eigenvalue weighted by molar-refractivity contribution is 7.80. The van der Waals surface area contributed by atoms with Gasteiger partial charge in [0.15, 0.2) is 5.11 Å². The minimum atomic E-state index is -0.590. The number of rotatable bonds is 5. The first-order valence-corrected chi connectivity index (χ1v) is 8.06. The molecule has 0 saturated heterocycles. The fraction of sp³-hybridized carbons (Fsp3) is 0.167. The van der Waals surface area contributed by atoms with Crippen molar-refractivity contribution in [3.63, 3.8) is 0 Å². The average molecular weight is 357 g/mol. The predicted octanol–water partition coefficient (Wildman–Crippen LogP) is 2.70. The van der Waals surface area contributed by atoms with E-state index < -0.39 is 11.8 Å².